The summed E-state index contributed by atoms with van der Waals surface area (Å²) in [5.41, 5.74) is 0.582. The molecule has 0 saturated carbocycles. The van der Waals surface area contributed by atoms with E-state index in [1.165, 1.54) is 4.90 Å². The van der Waals surface area contributed by atoms with Crippen molar-refractivity contribution in [2.75, 3.05) is 12.0 Å². The first-order valence-corrected chi connectivity index (χ1v) is 9.05. The van der Waals surface area contributed by atoms with Crippen LogP contribution in [0.5, 0.6) is 17.2 Å². The predicted molar refractivity (Wildman–Crippen MR) is 102 cm³/mol. The Labute approximate surface area is 158 Å². The minimum absolute atomic E-state index is 0.0818. The normalized spacial score (nSPS) is 24.1. The smallest absolute Gasteiger partial charge is 0.238 e. The number of benzene rings is 2. The highest BCUT2D eigenvalue weighted by atomic mass is 16.5. The van der Waals surface area contributed by atoms with Gasteiger partial charge in [0.05, 0.1) is 24.6 Å². The molecule has 27 heavy (non-hydrogen) atoms. The van der Waals surface area contributed by atoms with Gasteiger partial charge in [0.25, 0.3) is 0 Å². The van der Waals surface area contributed by atoms with Gasteiger partial charge in [0.1, 0.15) is 5.75 Å². The SMILES string of the molecule is COc1ccccc1Oc1ccc(N2C(=O)[C@H]3[C@H](C)C=CC[C@H]3C2=O)cc1. The lowest BCUT2D eigenvalue weighted by molar-refractivity contribution is -0.122. The molecule has 5 heteroatoms. The second-order valence-corrected chi connectivity index (χ2v) is 6.91. The van der Waals surface area contributed by atoms with Gasteiger partial charge < -0.3 is 9.47 Å². The molecule has 1 fully saturated rings. The number of fused-ring (bicyclic) bond motifs is 1. The first-order valence-electron chi connectivity index (χ1n) is 9.05. The number of methoxy groups -OCH3 is 1. The maximum Gasteiger partial charge on any atom is 0.238 e. The predicted octanol–water partition coefficient (Wildman–Crippen LogP) is 4.19. The molecule has 0 aromatic heterocycles. The Morgan fingerprint density at radius 2 is 1.67 bits per heavy atom. The molecule has 0 N–H and O–H groups in total. The van der Waals surface area contributed by atoms with Gasteiger partial charge in [0, 0.05) is 0 Å². The second kappa shape index (κ2) is 6.91. The van der Waals surface area contributed by atoms with E-state index >= 15 is 0 Å². The maximum absolute atomic E-state index is 12.8. The molecule has 1 aliphatic carbocycles. The highest BCUT2D eigenvalue weighted by Gasteiger charge is 2.50. The molecule has 1 saturated heterocycles. The van der Waals surface area contributed by atoms with Crippen LogP contribution >= 0.6 is 0 Å². The molecule has 0 radical (unpaired) electrons. The summed E-state index contributed by atoms with van der Waals surface area (Å²) in [6, 6.07) is 14.4. The number of ether oxygens (including phenoxy) is 2. The first-order chi connectivity index (χ1) is 13.1. The van der Waals surface area contributed by atoms with Gasteiger partial charge in [-0.1, -0.05) is 31.2 Å². The third kappa shape index (κ3) is 2.99. The zero-order valence-corrected chi connectivity index (χ0v) is 15.3. The number of anilines is 1. The van der Waals surface area contributed by atoms with Gasteiger partial charge in [0.2, 0.25) is 11.8 Å². The minimum atomic E-state index is -0.257. The fourth-order valence-corrected chi connectivity index (χ4v) is 3.90. The second-order valence-electron chi connectivity index (χ2n) is 6.91. The average molecular weight is 363 g/mol. The summed E-state index contributed by atoms with van der Waals surface area (Å²) in [5.74, 6) is 1.20. The van der Waals surface area contributed by atoms with Crippen molar-refractivity contribution in [2.24, 2.45) is 17.8 Å². The van der Waals surface area contributed by atoms with Crippen LogP contribution in [0.2, 0.25) is 0 Å². The van der Waals surface area contributed by atoms with E-state index in [2.05, 4.69) is 0 Å². The number of rotatable bonds is 4. The van der Waals surface area contributed by atoms with E-state index in [4.69, 9.17) is 9.47 Å². The van der Waals surface area contributed by atoms with Gasteiger partial charge >= 0.3 is 0 Å². The lowest BCUT2D eigenvalue weighted by atomic mass is 9.78. The Balaban J connectivity index is 1.56. The average Bonchev–Trinajstić information content (AvgIpc) is 2.95. The number of nitrogens with zero attached hydrogens (tertiary/aromatic N) is 1. The summed E-state index contributed by atoms with van der Waals surface area (Å²) in [7, 11) is 1.59. The van der Waals surface area contributed by atoms with E-state index in [-0.39, 0.29) is 29.6 Å². The van der Waals surface area contributed by atoms with Crippen LogP contribution in [-0.2, 0) is 9.59 Å². The molecule has 5 nitrogen and oxygen atoms in total. The molecule has 2 aliphatic rings. The quantitative estimate of drug-likeness (QED) is 0.604. The third-order valence-corrected chi connectivity index (χ3v) is 5.26. The number of allylic oxidation sites excluding steroid dienone is 2. The largest absolute Gasteiger partial charge is 0.493 e. The van der Waals surface area contributed by atoms with Crippen LogP contribution < -0.4 is 14.4 Å². The lowest BCUT2D eigenvalue weighted by Gasteiger charge is -2.22. The van der Waals surface area contributed by atoms with Crippen LogP contribution in [0.3, 0.4) is 0 Å². The fourth-order valence-electron chi connectivity index (χ4n) is 3.90. The Kier molecular flexibility index (Phi) is 4.44. The number of hydrogen-bond acceptors (Lipinski definition) is 4. The monoisotopic (exact) mass is 363 g/mol. The van der Waals surface area contributed by atoms with Crippen LogP contribution in [0.15, 0.2) is 60.7 Å². The summed E-state index contributed by atoms with van der Waals surface area (Å²) in [6.45, 7) is 1.99. The van der Waals surface area contributed by atoms with Crippen LogP contribution in [0.4, 0.5) is 5.69 Å². The van der Waals surface area contributed by atoms with Crippen LogP contribution in [0.1, 0.15) is 13.3 Å². The van der Waals surface area contributed by atoms with Gasteiger partial charge in [0.15, 0.2) is 11.5 Å². The van der Waals surface area contributed by atoms with Crippen molar-refractivity contribution in [1.29, 1.82) is 0 Å². The Morgan fingerprint density at radius 3 is 2.33 bits per heavy atom. The van der Waals surface area contributed by atoms with Crippen LogP contribution in [0.25, 0.3) is 0 Å². The number of imide groups is 1. The van der Waals surface area contributed by atoms with Gasteiger partial charge in [-0.05, 0) is 48.7 Å². The first kappa shape index (κ1) is 17.3. The lowest BCUT2D eigenvalue weighted by Crippen LogP contribution is -2.31. The van der Waals surface area contributed by atoms with Crippen LogP contribution in [0, 0.1) is 17.8 Å². The molecule has 138 valence electrons. The summed E-state index contributed by atoms with van der Waals surface area (Å²) in [6.07, 6.45) is 4.66. The van der Waals surface area contributed by atoms with Gasteiger partial charge in [-0.3, -0.25) is 14.5 Å². The summed E-state index contributed by atoms with van der Waals surface area (Å²) in [4.78, 5) is 26.9. The van der Waals surface area contributed by atoms with Crippen molar-refractivity contribution < 1.29 is 19.1 Å². The van der Waals surface area contributed by atoms with E-state index in [0.717, 1.165) is 0 Å². The molecule has 1 aliphatic heterocycles. The van der Waals surface area contributed by atoms with E-state index < -0.39 is 0 Å². The van der Waals surface area contributed by atoms with E-state index in [9.17, 15) is 9.59 Å². The highest BCUT2D eigenvalue weighted by molar-refractivity contribution is 6.22. The number of carbonyl (C=O) groups is 2. The molecular weight excluding hydrogens is 342 g/mol. The van der Waals surface area contributed by atoms with E-state index in [1.807, 2.05) is 43.3 Å². The summed E-state index contributed by atoms with van der Waals surface area (Å²) >= 11 is 0. The number of hydrogen-bond donors (Lipinski definition) is 0. The van der Waals surface area contributed by atoms with Gasteiger partial charge in [-0.15, -0.1) is 0 Å². The van der Waals surface area contributed by atoms with Gasteiger partial charge in [-0.25, -0.2) is 0 Å². The zero-order chi connectivity index (χ0) is 19.0. The molecule has 2 aromatic rings. The van der Waals surface area contributed by atoms with Crippen molar-refractivity contribution in [3.63, 3.8) is 0 Å². The molecule has 2 amide bonds. The molecule has 2 aromatic carbocycles. The third-order valence-electron chi connectivity index (χ3n) is 5.26. The topological polar surface area (TPSA) is 55.8 Å². The molecular formula is C22H21NO4. The molecule has 0 spiro atoms. The van der Waals surface area contributed by atoms with Crippen molar-refractivity contribution in [2.45, 2.75) is 13.3 Å². The van der Waals surface area contributed by atoms with Crippen molar-refractivity contribution in [3.05, 3.63) is 60.7 Å². The minimum Gasteiger partial charge on any atom is -0.493 e. The molecule has 0 unspecified atom stereocenters. The van der Waals surface area contributed by atoms with E-state index in [0.29, 0.717) is 29.4 Å². The maximum atomic E-state index is 12.8. The molecule has 0 bridgehead atoms. The van der Waals surface area contributed by atoms with Crippen molar-refractivity contribution in [1.82, 2.24) is 0 Å². The molecule has 3 atom stereocenters. The number of para-hydroxylation sites is 2. The van der Waals surface area contributed by atoms with Crippen LogP contribution in [-0.4, -0.2) is 18.9 Å². The summed E-state index contributed by atoms with van der Waals surface area (Å²) < 4.78 is 11.1. The Hall–Kier alpha value is -3.08. The zero-order valence-electron chi connectivity index (χ0n) is 15.3. The Bertz CT molecular complexity index is 903. The van der Waals surface area contributed by atoms with E-state index in [1.54, 1.807) is 31.4 Å². The van der Waals surface area contributed by atoms with Crippen molar-refractivity contribution >= 4 is 17.5 Å². The highest BCUT2D eigenvalue weighted by Crippen LogP contribution is 2.41. The number of carbonyl (C=O) groups excluding carboxylic acids is 2. The van der Waals surface area contributed by atoms with Gasteiger partial charge in [-0.2, -0.15) is 0 Å². The summed E-state index contributed by atoms with van der Waals surface area (Å²) in [5, 5.41) is 0. The van der Waals surface area contributed by atoms with Crippen molar-refractivity contribution in [3.8, 4) is 17.2 Å². The molecule has 1 heterocycles. The standard InChI is InChI=1S/C22H21NO4/c1-14-6-5-7-17-20(14)22(25)23(21(17)24)15-10-12-16(13-11-15)27-19-9-4-3-8-18(19)26-2/h3-6,8-14,17,20H,7H2,1-2H3/t14-,17-,20+/m1/s1. The molecule has 4 rings (SSSR count). The number of amides is 2. The fraction of sp³-hybridized carbons (Fsp3) is 0.273. The Morgan fingerprint density at radius 1 is 0.963 bits per heavy atom.